The first-order valence-electron chi connectivity index (χ1n) is 5.24. The van der Waals surface area contributed by atoms with E-state index in [9.17, 15) is 4.79 Å². The summed E-state index contributed by atoms with van der Waals surface area (Å²) < 4.78 is 15.1. The number of rotatable bonds is 5. The van der Waals surface area contributed by atoms with Crippen LogP contribution < -0.4 is 0 Å². The average Bonchev–Trinajstić information content (AvgIpc) is 2.71. The fourth-order valence-corrected chi connectivity index (χ4v) is 1.30. The Morgan fingerprint density at radius 2 is 2.19 bits per heavy atom. The van der Waals surface area contributed by atoms with Gasteiger partial charge in [-0.2, -0.15) is 0 Å². The molecule has 0 N–H and O–H groups in total. The molecule has 5 heteroatoms. The monoisotopic (exact) mass is 227 g/mol. The van der Waals surface area contributed by atoms with Crippen LogP contribution in [-0.2, 0) is 15.9 Å². The molecular formula is C11H17NO4. The van der Waals surface area contributed by atoms with Crippen molar-refractivity contribution in [2.45, 2.75) is 32.8 Å². The molecule has 1 heterocycles. The fourth-order valence-electron chi connectivity index (χ4n) is 1.30. The lowest BCUT2D eigenvalue weighted by Gasteiger charge is -2.02. The maximum atomic E-state index is 11.4. The number of hydrogen-bond donors (Lipinski definition) is 0. The zero-order valence-corrected chi connectivity index (χ0v) is 10.1. The first kappa shape index (κ1) is 12.7. The molecule has 1 aromatic heterocycles. The van der Waals surface area contributed by atoms with Crippen molar-refractivity contribution in [3.8, 4) is 0 Å². The second-order valence-corrected chi connectivity index (χ2v) is 3.45. The molecule has 0 saturated carbocycles. The van der Waals surface area contributed by atoms with Gasteiger partial charge in [0.1, 0.15) is 6.10 Å². The van der Waals surface area contributed by atoms with Gasteiger partial charge in [-0.15, -0.1) is 0 Å². The summed E-state index contributed by atoms with van der Waals surface area (Å²) in [7, 11) is 2.88. The van der Waals surface area contributed by atoms with E-state index in [0.29, 0.717) is 18.0 Å². The highest BCUT2D eigenvalue weighted by Gasteiger charge is 2.22. The number of methoxy groups -OCH3 is 2. The Hall–Kier alpha value is -1.36. The summed E-state index contributed by atoms with van der Waals surface area (Å²) in [5.41, 5.74) is 0.633. The van der Waals surface area contributed by atoms with Crippen LogP contribution in [0.5, 0.6) is 0 Å². The second-order valence-electron chi connectivity index (χ2n) is 3.45. The van der Waals surface area contributed by atoms with Crippen LogP contribution in [0.4, 0.5) is 0 Å². The van der Waals surface area contributed by atoms with Crippen molar-refractivity contribution in [1.82, 2.24) is 4.98 Å². The largest absolute Gasteiger partial charge is 0.463 e. The quantitative estimate of drug-likeness (QED) is 0.721. The minimum absolute atomic E-state index is 0.184. The summed E-state index contributed by atoms with van der Waals surface area (Å²) in [6.45, 7) is 3.82. The van der Waals surface area contributed by atoms with Crippen LogP contribution >= 0.6 is 0 Å². The number of hydrogen-bond acceptors (Lipinski definition) is 5. The first-order valence-corrected chi connectivity index (χ1v) is 5.24. The lowest BCUT2D eigenvalue weighted by Crippen LogP contribution is -2.03. The van der Waals surface area contributed by atoms with Crippen LogP contribution in [0.3, 0.4) is 0 Å². The Labute approximate surface area is 94.8 Å². The Kier molecular flexibility index (Phi) is 4.49. The first-order chi connectivity index (χ1) is 7.63. The van der Waals surface area contributed by atoms with E-state index >= 15 is 0 Å². The Bertz CT molecular complexity index is 359. The van der Waals surface area contributed by atoms with E-state index in [1.165, 1.54) is 7.11 Å². The van der Waals surface area contributed by atoms with Gasteiger partial charge < -0.3 is 13.9 Å². The number of esters is 1. The highest BCUT2D eigenvalue weighted by Crippen LogP contribution is 2.20. The third-order valence-corrected chi connectivity index (χ3v) is 2.27. The minimum atomic E-state index is -0.495. The molecule has 0 radical (unpaired) electrons. The molecule has 0 aliphatic heterocycles. The highest BCUT2D eigenvalue weighted by atomic mass is 16.5. The predicted octanol–water partition coefficient (Wildman–Crippen LogP) is 2.12. The van der Waals surface area contributed by atoms with Crippen molar-refractivity contribution in [1.29, 1.82) is 0 Å². The van der Waals surface area contributed by atoms with Crippen molar-refractivity contribution in [3.05, 3.63) is 17.3 Å². The topological polar surface area (TPSA) is 61.6 Å². The molecular weight excluding hydrogens is 210 g/mol. The Morgan fingerprint density at radius 3 is 2.69 bits per heavy atom. The van der Waals surface area contributed by atoms with Gasteiger partial charge in [-0.25, -0.2) is 9.78 Å². The minimum Gasteiger partial charge on any atom is -0.463 e. The maximum absolute atomic E-state index is 11.4. The summed E-state index contributed by atoms with van der Waals surface area (Å²) >= 11 is 0. The molecule has 90 valence electrons. The molecule has 1 aromatic rings. The third-order valence-electron chi connectivity index (χ3n) is 2.27. The SMILES string of the molecule is CCCc1nc(C(C)OC)oc1C(=O)OC. The highest BCUT2D eigenvalue weighted by molar-refractivity contribution is 5.87. The molecule has 0 spiro atoms. The van der Waals surface area contributed by atoms with Crippen molar-refractivity contribution in [2.75, 3.05) is 14.2 Å². The van der Waals surface area contributed by atoms with E-state index in [2.05, 4.69) is 9.72 Å². The molecule has 0 saturated heterocycles. The lowest BCUT2D eigenvalue weighted by atomic mass is 10.2. The molecule has 0 bridgehead atoms. The van der Waals surface area contributed by atoms with E-state index < -0.39 is 5.97 Å². The van der Waals surface area contributed by atoms with Gasteiger partial charge in [0.25, 0.3) is 0 Å². The average molecular weight is 227 g/mol. The summed E-state index contributed by atoms with van der Waals surface area (Å²) in [4.78, 5) is 15.7. The van der Waals surface area contributed by atoms with E-state index in [0.717, 1.165) is 6.42 Å². The van der Waals surface area contributed by atoms with Crippen LogP contribution in [0.1, 0.15) is 48.5 Å². The molecule has 0 aromatic carbocycles. The Morgan fingerprint density at radius 1 is 1.50 bits per heavy atom. The number of carbonyl (C=O) groups is 1. The summed E-state index contributed by atoms with van der Waals surface area (Å²) in [5, 5.41) is 0. The van der Waals surface area contributed by atoms with E-state index in [-0.39, 0.29) is 11.9 Å². The van der Waals surface area contributed by atoms with Crippen LogP contribution in [0, 0.1) is 0 Å². The van der Waals surface area contributed by atoms with Gasteiger partial charge in [0.05, 0.1) is 12.8 Å². The lowest BCUT2D eigenvalue weighted by molar-refractivity contribution is 0.0543. The van der Waals surface area contributed by atoms with Gasteiger partial charge in [-0.05, 0) is 13.3 Å². The molecule has 1 rings (SSSR count). The zero-order valence-electron chi connectivity index (χ0n) is 10.1. The standard InChI is InChI=1S/C11H17NO4/c1-5-6-8-9(11(13)15-4)16-10(12-8)7(2)14-3/h7H,5-6H2,1-4H3. The van der Waals surface area contributed by atoms with Gasteiger partial charge in [-0.3, -0.25) is 0 Å². The van der Waals surface area contributed by atoms with Crippen LogP contribution in [0.25, 0.3) is 0 Å². The molecule has 0 aliphatic rings. The molecule has 1 atom stereocenters. The van der Waals surface area contributed by atoms with Crippen LogP contribution in [0.15, 0.2) is 4.42 Å². The van der Waals surface area contributed by atoms with E-state index in [1.807, 2.05) is 13.8 Å². The number of carbonyl (C=O) groups excluding carboxylic acids is 1. The molecule has 1 unspecified atom stereocenters. The number of aromatic nitrogens is 1. The third kappa shape index (κ3) is 2.61. The van der Waals surface area contributed by atoms with Crippen molar-refractivity contribution in [2.24, 2.45) is 0 Å². The Balaban J connectivity index is 3.04. The molecule has 5 nitrogen and oxygen atoms in total. The fraction of sp³-hybridized carbons (Fsp3) is 0.636. The van der Waals surface area contributed by atoms with Crippen molar-refractivity contribution in [3.63, 3.8) is 0 Å². The summed E-state index contributed by atoms with van der Waals surface area (Å²) in [6, 6.07) is 0. The van der Waals surface area contributed by atoms with Crippen LogP contribution in [-0.4, -0.2) is 25.2 Å². The molecule has 0 amide bonds. The molecule has 16 heavy (non-hydrogen) atoms. The van der Waals surface area contributed by atoms with E-state index in [1.54, 1.807) is 7.11 Å². The number of ether oxygens (including phenoxy) is 2. The maximum Gasteiger partial charge on any atom is 0.375 e. The smallest absolute Gasteiger partial charge is 0.375 e. The molecule has 0 fully saturated rings. The van der Waals surface area contributed by atoms with Gasteiger partial charge >= 0.3 is 5.97 Å². The van der Waals surface area contributed by atoms with Gasteiger partial charge in [0.15, 0.2) is 0 Å². The van der Waals surface area contributed by atoms with Gasteiger partial charge in [0, 0.05) is 7.11 Å². The normalized spacial score (nSPS) is 12.5. The summed E-state index contributed by atoms with van der Waals surface area (Å²) in [5.74, 6) is 0.0973. The van der Waals surface area contributed by atoms with E-state index in [4.69, 9.17) is 9.15 Å². The van der Waals surface area contributed by atoms with Crippen molar-refractivity contribution >= 4 is 5.97 Å². The van der Waals surface area contributed by atoms with Gasteiger partial charge in [-0.1, -0.05) is 13.3 Å². The number of aryl methyl sites for hydroxylation is 1. The predicted molar refractivity (Wildman–Crippen MR) is 57.3 cm³/mol. The number of nitrogens with zero attached hydrogens (tertiary/aromatic N) is 1. The van der Waals surface area contributed by atoms with Crippen LogP contribution in [0.2, 0.25) is 0 Å². The summed E-state index contributed by atoms with van der Waals surface area (Å²) in [6.07, 6.45) is 1.30. The van der Waals surface area contributed by atoms with Crippen molar-refractivity contribution < 1.29 is 18.7 Å². The van der Waals surface area contributed by atoms with Gasteiger partial charge in [0.2, 0.25) is 11.7 Å². The second kappa shape index (κ2) is 5.65. The molecule has 0 aliphatic carbocycles. The number of oxazole rings is 1. The zero-order chi connectivity index (χ0) is 12.1.